The largest absolute Gasteiger partial charge is 0.445 e. The molecule has 2 rings (SSSR count). The molecule has 1 N–H and O–H groups in total. The predicted octanol–water partition coefficient (Wildman–Crippen LogP) is 2.79. The van der Waals surface area contributed by atoms with Gasteiger partial charge in [0.15, 0.2) is 0 Å². The lowest BCUT2D eigenvalue weighted by molar-refractivity contribution is -0.133. The summed E-state index contributed by atoms with van der Waals surface area (Å²) in [6.45, 7) is 3.99. The van der Waals surface area contributed by atoms with E-state index >= 15 is 0 Å². The van der Waals surface area contributed by atoms with E-state index in [1.54, 1.807) is 36.5 Å². The fourth-order valence-electron chi connectivity index (χ4n) is 2.36. The second-order valence-corrected chi connectivity index (χ2v) is 6.36. The molecule has 6 nitrogen and oxygen atoms in total. The predicted molar refractivity (Wildman–Crippen MR) is 99.4 cm³/mol. The van der Waals surface area contributed by atoms with Crippen molar-refractivity contribution in [2.24, 2.45) is 0 Å². The van der Waals surface area contributed by atoms with Crippen LogP contribution in [0.4, 0.5) is 4.79 Å². The van der Waals surface area contributed by atoms with Crippen LogP contribution >= 0.6 is 0 Å². The van der Waals surface area contributed by atoms with Crippen molar-refractivity contribution in [3.8, 4) is 0 Å². The Bertz CT molecular complexity index is 705. The molecule has 6 heteroatoms. The first-order valence-corrected chi connectivity index (χ1v) is 8.60. The third-order valence-corrected chi connectivity index (χ3v) is 4.11. The Kier molecular flexibility index (Phi) is 7.14. The molecular weight excluding hydrogens is 330 g/mol. The van der Waals surface area contributed by atoms with Gasteiger partial charge in [-0.2, -0.15) is 0 Å². The zero-order chi connectivity index (χ0) is 18.9. The number of hydrogen-bond acceptors (Lipinski definition) is 4. The normalized spacial score (nSPS) is 11.7. The third-order valence-electron chi connectivity index (χ3n) is 4.11. The van der Waals surface area contributed by atoms with Crippen LogP contribution in [0.25, 0.3) is 0 Å². The van der Waals surface area contributed by atoms with Crippen LogP contribution in [0.2, 0.25) is 0 Å². The average Bonchev–Trinajstić information content (AvgIpc) is 2.66. The molecule has 0 radical (unpaired) electrons. The molecule has 138 valence electrons. The maximum Gasteiger partial charge on any atom is 0.408 e. The summed E-state index contributed by atoms with van der Waals surface area (Å²) < 4.78 is 5.24. The molecule has 0 aliphatic carbocycles. The molecule has 26 heavy (non-hydrogen) atoms. The van der Waals surface area contributed by atoms with Gasteiger partial charge in [-0.25, -0.2) is 4.79 Å². The van der Waals surface area contributed by atoms with Crippen LogP contribution in [-0.2, 0) is 22.6 Å². The van der Waals surface area contributed by atoms with E-state index in [1.807, 2.05) is 44.2 Å². The molecule has 2 amide bonds. The second-order valence-electron chi connectivity index (χ2n) is 6.36. The highest BCUT2D eigenvalue weighted by atomic mass is 16.5. The van der Waals surface area contributed by atoms with Gasteiger partial charge in [-0.3, -0.25) is 9.78 Å². The van der Waals surface area contributed by atoms with Gasteiger partial charge in [0.1, 0.15) is 12.6 Å². The summed E-state index contributed by atoms with van der Waals surface area (Å²) in [6, 6.07) is 12.5. The number of nitrogens with zero attached hydrogens (tertiary/aromatic N) is 2. The summed E-state index contributed by atoms with van der Waals surface area (Å²) in [7, 11) is 1.73. The number of amides is 2. The number of likely N-dealkylation sites (N-methyl/N-ethyl adjacent to an activating group) is 1. The number of ether oxygens (including phenoxy) is 1. The maximum atomic E-state index is 12.7. The van der Waals surface area contributed by atoms with E-state index in [-0.39, 0.29) is 18.6 Å². The third kappa shape index (κ3) is 5.88. The fourth-order valence-corrected chi connectivity index (χ4v) is 2.36. The van der Waals surface area contributed by atoms with Crippen LogP contribution in [0, 0.1) is 0 Å². The summed E-state index contributed by atoms with van der Waals surface area (Å²) in [5.41, 5.74) is 1.80. The van der Waals surface area contributed by atoms with Gasteiger partial charge in [-0.15, -0.1) is 0 Å². The van der Waals surface area contributed by atoms with Crippen LogP contribution in [0.3, 0.4) is 0 Å². The highest BCUT2D eigenvalue weighted by molar-refractivity contribution is 5.86. The molecule has 0 bridgehead atoms. The van der Waals surface area contributed by atoms with Gasteiger partial charge in [0.25, 0.3) is 0 Å². The fraction of sp³-hybridized carbons (Fsp3) is 0.350. The summed E-state index contributed by atoms with van der Waals surface area (Å²) in [4.78, 5) is 30.5. The highest BCUT2D eigenvalue weighted by Crippen LogP contribution is 2.08. The molecule has 0 aliphatic heterocycles. The van der Waals surface area contributed by atoms with E-state index in [9.17, 15) is 9.59 Å². The minimum absolute atomic E-state index is 0.0374. The molecule has 1 atom stereocenters. The SMILES string of the molecule is CC(C)N(C)C(=O)[C@H](Cc1ccccc1)NC(=O)OCc1ccncc1. The number of hydrogen-bond donors (Lipinski definition) is 1. The first kappa shape index (κ1) is 19.4. The molecule has 1 heterocycles. The van der Waals surface area contributed by atoms with Crippen molar-refractivity contribution < 1.29 is 14.3 Å². The molecule has 1 aromatic heterocycles. The first-order valence-electron chi connectivity index (χ1n) is 8.60. The molecule has 1 aromatic carbocycles. The smallest absolute Gasteiger partial charge is 0.408 e. The van der Waals surface area contributed by atoms with Crippen LogP contribution in [-0.4, -0.2) is 41.0 Å². The van der Waals surface area contributed by atoms with Crippen molar-refractivity contribution >= 4 is 12.0 Å². The van der Waals surface area contributed by atoms with Crippen molar-refractivity contribution in [2.75, 3.05) is 7.05 Å². The van der Waals surface area contributed by atoms with Gasteiger partial charge in [-0.05, 0) is 37.1 Å². The first-order chi connectivity index (χ1) is 12.5. The van der Waals surface area contributed by atoms with Crippen LogP contribution in [0.15, 0.2) is 54.9 Å². The second kappa shape index (κ2) is 9.56. The number of rotatable bonds is 7. The number of benzene rings is 1. The van der Waals surface area contributed by atoms with Crippen LogP contribution in [0.5, 0.6) is 0 Å². The number of nitrogens with one attached hydrogen (secondary N) is 1. The Morgan fingerprint density at radius 3 is 2.35 bits per heavy atom. The topological polar surface area (TPSA) is 71.5 Å². The van der Waals surface area contributed by atoms with E-state index in [2.05, 4.69) is 10.3 Å². The molecule has 2 aromatic rings. The summed E-state index contributed by atoms with van der Waals surface area (Å²) in [5.74, 6) is -0.148. The maximum absolute atomic E-state index is 12.7. The number of aromatic nitrogens is 1. The van der Waals surface area contributed by atoms with E-state index in [4.69, 9.17) is 4.74 Å². The van der Waals surface area contributed by atoms with E-state index < -0.39 is 12.1 Å². The van der Waals surface area contributed by atoms with Crippen molar-refractivity contribution in [2.45, 2.75) is 39.0 Å². The van der Waals surface area contributed by atoms with Gasteiger partial charge in [-0.1, -0.05) is 30.3 Å². The Morgan fingerprint density at radius 1 is 1.08 bits per heavy atom. The molecule has 0 saturated heterocycles. The Labute approximate surface area is 154 Å². The van der Waals surface area contributed by atoms with Gasteiger partial charge >= 0.3 is 6.09 Å². The van der Waals surface area contributed by atoms with Crippen LogP contribution in [0.1, 0.15) is 25.0 Å². The van der Waals surface area contributed by atoms with Gasteiger partial charge in [0.2, 0.25) is 5.91 Å². The van der Waals surface area contributed by atoms with E-state index in [1.165, 1.54) is 0 Å². The number of alkyl carbamates (subject to hydrolysis) is 1. The molecule has 0 spiro atoms. The number of carbonyl (C=O) groups excluding carboxylic acids is 2. The number of pyridine rings is 1. The van der Waals surface area contributed by atoms with Crippen molar-refractivity contribution in [1.82, 2.24) is 15.2 Å². The van der Waals surface area contributed by atoms with Gasteiger partial charge < -0.3 is 15.0 Å². The van der Waals surface area contributed by atoms with Gasteiger partial charge in [0, 0.05) is 31.9 Å². The Hall–Kier alpha value is -2.89. The molecule has 0 aliphatic rings. The standard InChI is InChI=1S/C20H25N3O3/c1-15(2)23(3)19(24)18(13-16-7-5-4-6-8-16)22-20(25)26-14-17-9-11-21-12-10-17/h4-12,15,18H,13-14H2,1-3H3,(H,22,25)/t18-/m0/s1. The minimum Gasteiger partial charge on any atom is -0.445 e. The van der Waals surface area contributed by atoms with Crippen molar-refractivity contribution in [3.63, 3.8) is 0 Å². The van der Waals surface area contributed by atoms with Crippen LogP contribution < -0.4 is 5.32 Å². The molecule has 0 fully saturated rings. The molecule has 0 unspecified atom stereocenters. The zero-order valence-corrected chi connectivity index (χ0v) is 15.4. The summed E-state index contributed by atoms with van der Waals surface area (Å²) in [5, 5.41) is 2.70. The van der Waals surface area contributed by atoms with Gasteiger partial charge in [0.05, 0.1) is 0 Å². The Morgan fingerprint density at radius 2 is 1.73 bits per heavy atom. The lowest BCUT2D eigenvalue weighted by atomic mass is 10.0. The zero-order valence-electron chi connectivity index (χ0n) is 15.4. The van der Waals surface area contributed by atoms with E-state index in [0.29, 0.717) is 6.42 Å². The monoisotopic (exact) mass is 355 g/mol. The van der Waals surface area contributed by atoms with E-state index in [0.717, 1.165) is 11.1 Å². The highest BCUT2D eigenvalue weighted by Gasteiger charge is 2.26. The quantitative estimate of drug-likeness (QED) is 0.829. The molecule has 0 saturated carbocycles. The number of carbonyl (C=O) groups is 2. The minimum atomic E-state index is -0.685. The summed E-state index contributed by atoms with van der Waals surface area (Å²) >= 11 is 0. The lowest BCUT2D eigenvalue weighted by Crippen LogP contribution is -2.50. The molecular formula is C20H25N3O3. The average molecular weight is 355 g/mol. The van der Waals surface area contributed by atoms with Crippen molar-refractivity contribution in [3.05, 3.63) is 66.0 Å². The Balaban J connectivity index is 2.02. The van der Waals surface area contributed by atoms with Crippen molar-refractivity contribution in [1.29, 1.82) is 0 Å². The summed E-state index contributed by atoms with van der Waals surface area (Å²) in [6.07, 6.45) is 3.06. The lowest BCUT2D eigenvalue weighted by Gasteiger charge is -2.27.